The van der Waals surface area contributed by atoms with E-state index in [-0.39, 0.29) is 18.1 Å². The van der Waals surface area contributed by atoms with Crippen molar-refractivity contribution in [3.05, 3.63) is 33.7 Å². The molecule has 2 aromatic heterocycles. The first-order valence-electron chi connectivity index (χ1n) is 7.03. The van der Waals surface area contributed by atoms with Crippen molar-refractivity contribution in [3.63, 3.8) is 0 Å². The van der Waals surface area contributed by atoms with Crippen LogP contribution in [0.1, 0.15) is 25.5 Å². The molecule has 0 spiro atoms. The zero-order valence-electron chi connectivity index (χ0n) is 11.8. The lowest BCUT2D eigenvalue weighted by molar-refractivity contribution is -0.144. The molecule has 0 atom stereocenters. The molecule has 2 aromatic rings. The van der Waals surface area contributed by atoms with E-state index in [0.717, 1.165) is 12.8 Å². The Morgan fingerprint density at radius 1 is 1.57 bits per heavy atom. The number of thiazole rings is 1. The first-order valence-corrected chi connectivity index (χ1v) is 7.91. The third-order valence-corrected chi connectivity index (χ3v) is 4.18. The lowest BCUT2D eigenvalue weighted by Crippen LogP contribution is -2.33. The molecule has 0 N–H and O–H groups in total. The third kappa shape index (κ3) is 3.30. The number of carbonyl (C=O) groups is 1. The highest BCUT2D eigenvalue weighted by Gasteiger charge is 2.31. The summed E-state index contributed by atoms with van der Waals surface area (Å²) in [6, 6.07) is 1.94. The predicted octanol–water partition coefficient (Wildman–Crippen LogP) is 1.28. The number of fused-ring (bicyclic) bond motifs is 1. The van der Waals surface area contributed by atoms with E-state index in [1.54, 1.807) is 19.2 Å². The summed E-state index contributed by atoms with van der Waals surface area (Å²) in [6.07, 6.45) is 3.88. The van der Waals surface area contributed by atoms with Crippen LogP contribution in [0, 0.1) is 0 Å². The van der Waals surface area contributed by atoms with Crippen molar-refractivity contribution in [2.75, 3.05) is 13.2 Å². The summed E-state index contributed by atoms with van der Waals surface area (Å²) in [4.78, 5) is 30.9. The Labute approximate surface area is 126 Å². The zero-order valence-corrected chi connectivity index (χ0v) is 12.6. The third-order valence-electron chi connectivity index (χ3n) is 3.42. The van der Waals surface area contributed by atoms with Gasteiger partial charge in [0.1, 0.15) is 0 Å². The topological polar surface area (TPSA) is 63.9 Å². The van der Waals surface area contributed by atoms with Crippen molar-refractivity contribution in [2.24, 2.45) is 0 Å². The molecule has 0 radical (unpaired) electrons. The van der Waals surface area contributed by atoms with Gasteiger partial charge in [0.25, 0.3) is 5.56 Å². The molecule has 1 aliphatic carbocycles. The molecule has 0 amide bonds. The summed E-state index contributed by atoms with van der Waals surface area (Å²) in [6.45, 7) is 2.95. The smallest absolute Gasteiger partial charge is 0.320 e. The highest BCUT2D eigenvalue weighted by atomic mass is 32.1. The van der Waals surface area contributed by atoms with E-state index in [1.165, 1.54) is 15.7 Å². The van der Waals surface area contributed by atoms with Crippen LogP contribution in [-0.4, -0.2) is 39.4 Å². The van der Waals surface area contributed by atoms with Crippen LogP contribution in [0.2, 0.25) is 0 Å². The first kappa shape index (κ1) is 14.2. The molecule has 1 saturated carbocycles. The van der Waals surface area contributed by atoms with Crippen LogP contribution in [-0.2, 0) is 16.1 Å². The minimum Gasteiger partial charge on any atom is -0.465 e. The van der Waals surface area contributed by atoms with E-state index in [4.69, 9.17) is 4.74 Å². The molecule has 1 fully saturated rings. The maximum absolute atomic E-state index is 12.0. The van der Waals surface area contributed by atoms with Gasteiger partial charge in [0.15, 0.2) is 4.96 Å². The summed E-state index contributed by atoms with van der Waals surface area (Å²) in [5.41, 5.74) is 0.627. The van der Waals surface area contributed by atoms with E-state index in [1.807, 2.05) is 10.3 Å². The van der Waals surface area contributed by atoms with Crippen molar-refractivity contribution in [1.82, 2.24) is 14.3 Å². The molecule has 0 aliphatic heterocycles. The van der Waals surface area contributed by atoms with Crippen LogP contribution >= 0.6 is 11.3 Å². The summed E-state index contributed by atoms with van der Waals surface area (Å²) in [5.74, 6) is -0.224. The van der Waals surface area contributed by atoms with E-state index in [9.17, 15) is 9.59 Å². The Morgan fingerprint density at radius 2 is 2.38 bits per heavy atom. The van der Waals surface area contributed by atoms with E-state index < -0.39 is 0 Å². The second-order valence-corrected chi connectivity index (χ2v) is 5.96. The second kappa shape index (κ2) is 5.95. The fourth-order valence-corrected chi connectivity index (χ4v) is 3.04. The highest BCUT2D eigenvalue weighted by Crippen LogP contribution is 2.27. The van der Waals surface area contributed by atoms with Crippen molar-refractivity contribution in [1.29, 1.82) is 0 Å². The number of carbonyl (C=O) groups excluding carboxylic acids is 1. The standard InChI is InChI=1S/C14H17N3O3S/c1-2-20-13(19)9-16(11-3-4-11)8-10-7-12(18)17-5-6-21-14(17)15-10/h5-7,11H,2-4,8-9H2,1H3. The van der Waals surface area contributed by atoms with Gasteiger partial charge in [0.2, 0.25) is 0 Å². The van der Waals surface area contributed by atoms with E-state index in [2.05, 4.69) is 4.98 Å². The molecule has 7 heteroatoms. The highest BCUT2D eigenvalue weighted by molar-refractivity contribution is 7.15. The molecular weight excluding hydrogens is 290 g/mol. The summed E-state index contributed by atoms with van der Waals surface area (Å²) >= 11 is 1.43. The van der Waals surface area contributed by atoms with Crippen LogP contribution in [0.4, 0.5) is 0 Å². The molecule has 0 aromatic carbocycles. The molecule has 3 rings (SSSR count). The van der Waals surface area contributed by atoms with Crippen LogP contribution < -0.4 is 5.56 Å². The monoisotopic (exact) mass is 307 g/mol. The average molecular weight is 307 g/mol. The normalized spacial score (nSPS) is 14.8. The molecule has 21 heavy (non-hydrogen) atoms. The summed E-state index contributed by atoms with van der Waals surface area (Å²) in [5, 5.41) is 1.84. The molecule has 0 saturated heterocycles. The van der Waals surface area contributed by atoms with Gasteiger partial charge in [0, 0.05) is 30.2 Å². The number of rotatable bonds is 6. The number of ether oxygens (including phenoxy) is 1. The largest absolute Gasteiger partial charge is 0.465 e. The maximum Gasteiger partial charge on any atom is 0.320 e. The average Bonchev–Trinajstić information content (AvgIpc) is 3.17. The fourth-order valence-electron chi connectivity index (χ4n) is 2.30. The van der Waals surface area contributed by atoms with Gasteiger partial charge in [-0.05, 0) is 19.8 Å². The SMILES string of the molecule is CCOC(=O)CN(Cc1cc(=O)n2ccsc2n1)C1CC1. The maximum atomic E-state index is 12.0. The Bertz CT molecular complexity index is 705. The minimum absolute atomic E-state index is 0.0804. The predicted molar refractivity (Wildman–Crippen MR) is 79.4 cm³/mol. The number of aromatic nitrogens is 2. The van der Waals surface area contributed by atoms with Crippen molar-refractivity contribution >= 4 is 22.3 Å². The van der Waals surface area contributed by atoms with Gasteiger partial charge in [-0.3, -0.25) is 18.9 Å². The van der Waals surface area contributed by atoms with Crippen LogP contribution in [0.25, 0.3) is 4.96 Å². The van der Waals surface area contributed by atoms with Crippen LogP contribution in [0.3, 0.4) is 0 Å². The lowest BCUT2D eigenvalue weighted by atomic mass is 10.3. The van der Waals surface area contributed by atoms with Gasteiger partial charge in [-0.25, -0.2) is 4.98 Å². The molecule has 1 aliphatic rings. The number of hydrogen-bond acceptors (Lipinski definition) is 6. The number of nitrogens with zero attached hydrogens (tertiary/aromatic N) is 3. The molecule has 112 valence electrons. The minimum atomic E-state index is -0.224. The van der Waals surface area contributed by atoms with Crippen LogP contribution in [0.5, 0.6) is 0 Å². The molecular formula is C14H17N3O3S. The number of hydrogen-bond donors (Lipinski definition) is 0. The Balaban J connectivity index is 1.77. The molecule has 6 nitrogen and oxygen atoms in total. The molecule has 0 unspecified atom stereocenters. The van der Waals surface area contributed by atoms with Gasteiger partial charge in [-0.1, -0.05) is 0 Å². The fraction of sp³-hybridized carbons (Fsp3) is 0.500. The lowest BCUT2D eigenvalue weighted by Gasteiger charge is -2.20. The van der Waals surface area contributed by atoms with E-state index >= 15 is 0 Å². The Morgan fingerprint density at radius 3 is 3.10 bits per heavy atom. The van der Waals surface area contributed by atoms with Crippen molar-refractivity contribution in [3.8, 4) is 0 Å². The van der Waals surface area contributed by atoms with Crippen molar-refractivity contribution < 1.29 is 9.53 Å². The molecule has 0 bridgehead atoms. The van der Waals surface area contributed by atoms with Gasteiger partial charge < -0.3 is 4.74 Å². The second-order valence-electron chi connectivity index (χ2n) is 5.08. The van der Waals surface area contributed by atoms with Crippen molar-refractivity contribution in [2.45, 2.75) is 32.4 Å². The van der Waals surface area contributed by atoms with Gasteiger partial charge in [-0.15, -0.1) is 11.3 Å². The van der Waals surface area contributed by atoms with E-state index in [0.29, 0.717) is 29.8 Å². The zero-order chi connectivity index (χ0) is 14.8. The summed E-state index contributed by atoms with van der Waals surface area (Å²) < 4.78 is 6.53. The Kier molecular flexibility index (Phi) is 4.03. The summed E-state index contributed by atoms with van der Waals surface area (Å²) in [7, 11) is 0. The van der Waals surface area contributed by atoms with Gasteiger partial charge in [0.05, 0.1) is 18.8 Å². The quantitative estimate of drug-likeness (QED) is 0.752. The van der Waals surface area contributed by atoms with Gasteiger partial charge in [-0.2, -0.15) is 0 Å². The molecule has 2 heterocycles. The first-order chi connectivity index (χ1) is 10.2. The van der Waals surface area contributed by atoms with Gasteiger partial charge >= 0.3 is 5.97 Å². The number of esters is 1. The van der Waals surface area contributed by atoms with Crippen LogP contribution in [0.15, 0.2) is 22.4 Å². The Hall–Kier alpha value is -1.73.